The maximum atomic E-state index is 11.4. The third kappa shape index (κ3) is 3.47. The van der Waals surface area contributed by atoms with E-state index in [2.05, 4.69) is 11.8 Å². The number of nitrogens with zero attached hydrogens (tertiary/aromatic N) is 2. The van der Waals surface area contributed by atoms with Crippen LogP contribution in [-0.4, -0.2) is 55.0 Å². The van der Waals surface area contributed by atoms with Gasteiger partial charge in [0.2, 0.25) is 5.91 Å². The molecular weight excluding hydrogens is 190 g/mol. The largest absolute Gasteiger partial charge is 0.342 e. The van der Waals surface area contributed by atoms with Gasteiger partial charge >= 0.3 is 0 Å². The van der Waals surface area contributed by atoms with Crippen molar-refractivity contribution in [3.63, 3.8) is 0 Å². The second-order valence-electron chi connectivity index (χ2n) is 4.28. The summed E-state index contributed by atoms with van der Waals surface area (Å²) in [4.78, 5) is 15.7. The Hall–Kier alpha value is -0.610. The zero-order valence-electron chi connectivity index (χ0n) is 9.91. The molecule has 1 rings (SSSR count). The first-order valence-corrected chi connectivity index (χ1v) is 5.87. The van der Waals surface area contributed by atoms with E-state index in [1.165, 1.54) is 13.0 Å². The molecule has 2 N–H and O–H groups in total. The summed E-state index contributed by atoms with van der Waals surface area (Å²) in [6.07, 6.45) is 3.38. The van der Waals surface area contributed by atoms with Gasteiger partial charge in [0.15, 0.2) is 0 Å². The number of piperidine rings is 1. The van der Waals surface area contributed by atoms with Crippen molar-refractivity contribution in [2.24, 2.45) is 5.73 Å². The van der Waals surface area contributed by atoms with E-state index in [-0.39, 0.29) is 12.5 Å². The Labute approximate surface area is 92.4 Å². The summed E-state index contributed by atoms with van der Waals surface area (Å²) in [5.41, 5.74) is 5.35. The van der Waals surface area contributed by atoms with Crippen LogP contribution in [-0.2, 0) is 4.79 Å². The van der Waals surface area contributed by atoms with Crippen molar-refractivity contribution in [2.75, 3.05) is 33.2 Å². The Kier molecular flexibility index (Phi) is 5.05. The zero-order valence-corrected chi connectivity index (χ0v) is 9.91. The SMILES string of the molecule is CCCN1CCC(N(C)C(=O)CN)CC1. The fraction of sp³-hybridized carbons (Fsp3) is 0.909. The van der Waals surface area contributed by atoms with Crippen LogP contribution in [0, 0.1) is 0 Å². The average Bonchev–Trinajstić information content (AvgIpc) is 2.28. The van der Waals surface area contributed by atoms with Crippen molar-refractivity contribution in [3.8, 4) is 0 Å². The van der Waals surface area contributed by atoms with Crippen molar-refractivity contribution < 1.29 is 4.79 Å². The van der Waals surface area contributed by atoms with E-state index in [1.54, 1.807) is 0 Å². The van der Waals surface area contributed by atoms with Gasteiger partial charge in [-0.05, 0) is 25.8 Å². The van der Waals surface area contributed by atoms with E-state index in [1.807, 2.05) is 11.9 Å². The first kappa shape index (κ1) is 12.5. The Morgan fingerprint density at radius 1 is 1.47 bits per heavy atom. The second-order valence-corrected chi connectivity index (χ2v) is 4.28. The molecule has 1 heterocycles. The minimum absolute atomic E-state index is 0.0592. The normalized spacial score (nSPS) is 19.1. The molecular formula is C11H23N3O. The van der Waals surface area contributed by atoms with Gasteiger partial charge in [-0.15, -0.1) is 0 Å². The number of hydrogen-bond donors (Lipinski definition) is 1. The summed E-state index contributed by atoms with van der Waals surface area (Å²) in [5, 5.41) is 0. The second kappa shape index (κ2) is 6.08. The molecule has 1 fully saturated rings. The molecule has 0 atom stereocenters. The lowest BCUT2D eigenvalue weighted by molar-refractivity contribution is -0.131. The number of hydrogen-bond acceptors (Lipinski definition) is 3. The van der Waals surface area contributed by atoms with Crippen LogP contribution in [0.15, 0.2) is 0 Å². The van der Waals surface area contributed by atoms with Crippen LogP contribution in [0.2, 0.25) is 0 Å². The zero-order chi connectivity index (χ0) is 11.3. The van der Waals surface area contributed by atoms with E-state index in [0.29, 0.717) is 6.04 Å². The third-order valence-electron chi connectivity index (χ3n) is 3.21. The van der Waals surface area contributed by atoms with Crippen molar-refractivity contribution in [3.05, 3.63) is 0 Å². The summed E-state index contributed by atoms with van der Waals surface area (Å²) in [7, 11) is 1.87. The standard InChI is InChI=1S/C11H23N3O/c1-3-6-14-7-4-10(5-8-14)13(2)11(15)9-12/h10H,3-9,12H2,1-2H3. The molecule has 1 aliphatic rings. The molecule has 0 aromatic carbocycles. The molecule has 0 bridgehead atoms. The summed E-state index contributed by atoms with van der Waals surface area (Å²) in [5.74, 6) is 0.0592. The highest BCUT2D eigenvalue weighted by molar-refractivity contribution is 5.78. The quantitative estimate of drug-likeness (QED) is 0.729. The lowest BCUT2D eigenvalue weighted by Crippen LogP contribution is -2.47. The highest BCUT2D eigenvalue weighted by atomic mass is 16.2. The van der Waals surface area contributed by atoms with Crippen LogP contribution in [0.1, 0.15) is 26.2 Å². The molecule has 0 radical (unpaired) electrons. The molecule has 88 valence electrons. The van der Waals surface area contributed by atoms with Crippen LogP contribution in [0.25, 0.3) is 0 Å². The van der Waals surface area contributed by atoms with Crippen LogP contribution in [0.5, 0.6) is 0 Å². The summed E-state index contributed by atoms with van der Waals surface area (Å²) < 4.78 is 0. The van der Waals surface area contributed by atoms with Gasteiger partial charge in [-0.2, -0.15) is 0 Å². The Bertz CT molecular complexity index is 200. The topological polar surface area (TPSA) is 49.6 Å². The van der Waals surface area contributed by atoms with E-state index in [4.69, 9.17) is 5.73 Å². The molecule has 0 aliphatic carbocycles. The molecule has 4 nitrogen and oxygen atoms in total. The summed E-state index contributed by atoms with van der Waals surface area (Å²) >= 11 is 0. The Balaban J connectivity index is 2.33. The lowest BCUT2D eigenvalue weighted by Gasteiger charge is -2.36. The Morgan fingerprint density at radius 2 is 2.07 bits per heavy atom. The molecule has 0 unspecified atom stereocenters. The van der Waals surface area contributed by atoms with Gasteiger partial charge in [0.1, 0.15) is 0 Å². The van der Waals surface area contributed by atoms with Gasteiger partial charge in [-0.25, -0.2) is 0 Å². The van der Waals surface area contributed by atoms with Crippen LogP contribution >= 0.6 is 0 Å². The molecule has 1 amide bonds. The Morgan fingerprint density at radius 3 is 2.53 bits per heavy atom. The van der Waals surface area contributed by atoms with Crippen molar-refractivity contribution in [1.29, 1.82) is 0 Å². The number of rotatable bonds is 4. The van der Waals surface area contributed by atoms with Gasteiger partial charge in [-0.1, -0.05) is 6.92 Å². The summed E-state index contributed by atoms with van der Waals surface area (Å²) in [6.45, 7) is 5.74. The molecule has 1 aliphatic heterocycles. The first-order valence-electron chi connectivity index (χ1n) is 5.87. The minimum Gasteiger partial charge on any atom is -0.342 e. The molecule has 0 aromatic rings. The van der Waals surface area contributed by atoms with E-state index < -0.39 is 0 Å². The summed E-state index contributed by atoms with van der Waals surface area (Å²) in [6, 6.07) is 0.397. The van der Waals surface area contributed by atoms with Gasteiger partial charge in [0, 0.05) is 26.2 Å². The van der Waals surface area contributed by atoms with Crippen LogP contribution in [0.4, 0.5) is 0 Å². The smallest absolute Gasteiger partial charge is 0.236 e. The fourth-order valence-corrected chi connectivity index (χ4v) is 2.19. The highest BCUT2D eigenvalue weighted by Gasteiger charge is 2.23. The number of carbonyl (C=O) groups is 1. The fourth-order valence-electron chi connectivity index (χ4n) is 2.19. The molecule has 0 spiro atoms. The molecule has 15 heavy (non-hydrogen) atoms. The van der Waals surface area contributed by atoms with E-state index in [9.17, 15) is 4.79 Å². The third-order valence-corrected chi connectivity index (χ3v) is 3.21. The number of amides is 1. The van der Waals surface area contributed by atoms with Gasteiger partial charge in [0.05, 0.1) is 6.54 Å². The first-order chi connectivity index (χ1) is 7.19. The number of likely N-dealkylation sites (N-methyl/N-ethyl adjacent to an activating group) is 1. The van der Waals surface area contributed by atoms with Crippen molar-refractivity contribution in [2.45, 2.75) is 32.2 Å². The highest BCUT2D eigenvalue weighted by Crippen LogP contribution is 2.15. The number of carbonyl (C=O) groups excluding carboxylic acids is 1. The minimum atomic E-state index is 0.0592. The van der Waals surface area contributed by atoms with E-state index in [0.717, 1.165) is 25.9 Å². The monoisotopic (exact) mass is 213 g/mol. The molecule has 1 saturated heterocycles. The van der Waals surface area contributed by atoms with Crippen LogP contribution in [0.3, 0.4) is 0 Å². The lowest BCUT2D eigenvalue weighted by atomic mass is 10.0. The number of nitrogens with two attached hydrogens (primary N) is 1. The maximum Gasteiger partial charge on any atom is 0.236 e. The average molecular weight is 213 g/mol. The predicted octanol–water partition coefficient (Wildman–Crippen LogP) is 0.278. The molecule has 4 heteroatoms. The van der Waals surface area contributed by atoms with Gasteiger partial charge in [-0.3, -0.25) is 4.79 Å². The molecule has 0 saturated carbocycles. The van der Waals surface area contributed by atoms with Crippen molar-refractivity contribution in [1.82, 2.24) is 9.80 Å². The van der Waals surface area contributed by atoms with Crippen LogP contribution < -0.4 is 5.73 Å². The maximum absolute atomic E-state index is 11.4. The van der Waals surface area contributed by atoms with Crippen molar-refractivity contribution >= 4 is 5.91 Å². The molecule has 0 aromatic heterocycles. The van der Waals surface area contributed by atoms with E-state index >= 15 is 0 Å². The predicted molar refractivity (Wildman–Crippen MR) is 61.6 cm³/mol. The van der Waals surface area contributed by atoms with Gasteiger partial charge < -0.3 is 15.5 Å². The number of likely N-dealkylation sites (tertiary alicyclic amines) is 1. The van der Waals surface area contributed by atoms with Gasteiger partial charge in [0.25, 0.3) is 0 Å².